The van der Waals surface area contributed by atoms with E-state index in [0.717, 1.165) is 77.0 Å². The van der Waals surface area contributed by atoms with Gasteiger partial charge in [-0.25, -0.2) is 0 Å². The maximum absolute atomic E-state index is 13.2. The second kappa shape index (κ2) is 49.3. The van der Waals surface area contributed by atoms with E-state index in [1.165, 1.54) is 122 Å². The number of aliphatic hydroxyl groups excluding tert-OH is 2. The van der Waals surface area contributed by atoms with Gasteiger partial charge in [0.05, 0.1) is 25.2 Å². The molecule has 0 aromatic rings. The molecule has 0 aliphatic rings. The summed E-state index contributed by atoms with van der Waals surface area (Å²) in [6.07, 6.45) is 62.4. The van der Waals surface area contributed by atoms with E-state index in [1.54, 1.807) is 0 Å². The smallest absolute Gasteiger partial charge is 0.306 e. The lowest BCUT2D eigenvalue weighted by molar-refractivity contribution is -0.151. The second-order valence-electron chi connectivity index (χ2n) is 17.7. The first-order valence-corrected chi connectivity index (χ1v) is 26.2. The highest BCUT2D eigenvalue weighted by atomic mass is 16.5. The fraction of sp³-hybridized carbons (Fsp3) is 0.750. The average Bonchev–Trinajstić information content (AvgIpc) is 3.26. The molecule has 0 heterocycles. The van der Waals surface area contributed by atoms with Crippen LogP contribution >= 0.6 is 0 Å². The van der Waals surface area contributed by atoms with Crippen LogP contribution in [0.3, 0.4) is 0 Å². The number of unbranched alkanes of at least 4 members (excludes halogenated alkanes) is 26. The van der Waals surface area contributed by atoms with Gasteiger partial charge >= 0.3 is 5.97 Å². The molecule has 62 heavy (non-hydrogen) atoms. The van der Waals surface area contributed by atoms with Crippen LogP contribution in [0.1, 0.15) is 245 Å². The average molecular weight is 866 g/mol. The van der Waals surface area contributed by atoms with Crippen molar-refractivity contribution in [3.05, 3.63) is 72.9 Å². The summed E-state index contributed by atoms with van der Waals surface area (Å²) in [6.45, 7) is 6.31. The fourth-order valence-electron chi connectivity index (χ4n) is 7.67. The van der Waals surface area contributed by atoms with E-state index in [1.807, 2.05) is 24.3 Å². The van der Waals surface area contributed by atoms with Crippen LogP contribution in [-0.4, -0.2) is 46.9 Å². The van der Waals surface area contributed by atoms with Crippen molar-refractivity contribution >= 4 is 11.9 Å². The highest BCUT2D eigenvalue weighted by Gasteiger charge is 2.24. The van der Waals surface area contributed by atoms with Gasteiger partial charge in [-0.3, -0.25) is 9.59 Å². The van der Waals surface area contributed by atoms with Gasteiger partial charge in [0.25, 0.3) is 0 Å². The zero-order chi connectivity index (χ0) is 45.2. The SMILES string of the molecule is CC/C=C/C=C/C=C/C=C\CCCCCC(CC(=O)NC(CO)C(O)CCCCCCCCCCCCCCCCC)OC(=O)CCCCCCCC/C=C/C=C/CCCCC. The number of nitrogens with one attached hydrogen (secondary N) is 1. The second-order valence-corrected chi connectivity index (χ2v) is 17.7. The Labute approximate surface area is 383 Å². The summed E-state index contributed by atoms with van der Waals surface area (Å²) in [4.78, 5) is 26.1. The minimum Gasteiger partial charge on any atom is -0.462 e. The molecule has 0 aliphatic heterocycles. The molecule has 0 spiro atoms. The number of amides is 1. The Morgan fingerprint density at radius 3 is 1.39 bits per heavy atom. The topological polar surface area (TPSA) is 95.9 Å². The summed E-state index contributed by atoms with van der Waals surface area (Å²) in [5.41, 5.74) is 0. The lowest BCUT2D eigenvalue weighted by Gasteiger charge is -2.24. The monoisotopic (exact) mass is 866 g/mol. The molecular weight excluding hydrogens is 767 g/mol. The lowest BCUT2D eigenvalue weighted by atomic mass is 10.0. The largest absolute Gasteiger partial charge is 0.462 e. The molecule has 0 fully saturated rings. The molecule has 3 N–H and O–H groups in total. The standard InChI is InChI=1S/C56H99NO5/c1-4-7-10-13-16-19-22-25-27-30-33-36-39-42-45-48-54(59)53(51-58)57-55(60)50-52(47-44-41-38-35-32-29-24-21-18-15-12-9-6-3)62-56(61)49-46-43-40-37-34-31-28-26-23-20-17-14-11-8-5-2/h9,12,15,17-18,20-21,23-24,26,29,32,52-54,58-59H,4-8,10-11,13-14,16,19,22,25,27-28,30-31,33-51H2,1-3H3,(H,57,60)/b12-9+,18-15+,20-17+,24-21+,26-23+,32-29-. The van der Waals surface area contributed by atoms with Crippen molar-refractivity contribution in [2.75, 3.05) is 6.61 Å². The summed E-state index contributed by atoms with van der Waals surface area (Å²) >= 11 is 0. The maximum atomic E-state index is 13.2. The van der Waals surface area contributed by atoms with Crippen LogP contribution < -0.4 is 5.32 Å². The lowest BCUT2D eigenvalue weighted by Crippen LogP contribution is -2.46. The van der Waals surface area contributed by atoms with Gasteiger partial charge in [0.2, 0.25) is 5.91 Å². The third-order valence-corrected chi connectivity index (χ3v) is 11.6. The van der Waals surface area contributed by atoms with Crippen molar-refractivity contribution in [2.45, 2.75) is 264 Å². The van der Waals surface area contributed by atoms with Crippen molar-refractivity contribution < 1.29 is 24.5 Å². The summed E-state index contributed by atoms with van der Waals surface area (Å²) in [5, 5.41) is 23.8. The zero-order valence-electron chi connectivity index (χ0n) is 40.7. The van der Waals surface area contributed by atoms with E-state index in [-0.39, 0.29) is 24.9 Å². The Kier molecular flexibility index (Phi) is 47.2. The normalized spacial score (nSPS) is 13.8. The number of esters is 1. The quantitative estimate of drug-likeness (QED) is 0.0322. The molecule has 0 aromatic heterocycles. The fourth-order valence-corrected chi connectivity index (χ4v) is 7.67. The van der Waals surface area contributed by atoms with Crippen molar-refractivity contribution in [3.8, 4) is 0 Å². The van der Waals surface area contributed by atoms with Crippen LogP contribution in [0.4, 0.5) is 0 Å². The predicted octanol–water partition coefficient (Wildman–Crippen LogP) is 15.8. The highest BCUT2D eigenvalue weighted by molar-refractivity contribution is 5.77. The zero-order valence-corrected chi connectivity index (χ0v) is 40.7. The molecule has 1 amide bonds. The Balaban J connectivity index is 4.62. The molecule has 6 heteroatoms. The Morgan fingerprint density at radius 1 is 0.484 bits per heavy atom. The van der Waals surface area contributed by atoms with Crippen LogP contribution in [0.15, 0.2) is 72.9 Å². The van der Waals surface area contributed by atoms with E-state index in [2.05, 4.69) is 74.7 Å². The molecule has 358 valence electrons. The number of allylic oxidation sites excluding steroid dienone is 12. The number of carbonyl (C=O) groups is 2. The maximum Gasteiger partial charge on any atom is 0.306 e. The van der Waals surface area contributed by atoms with E-state index in [9.17, 15) is 19.8 Å². The minimum atomic E-state index is -0.803. The van der Waals surface area contributed by atoms with Gasteiger partial charge < -0.3 is 20.3 Å². The van der Waals surface area contributed by atoms with Crippen LogP contribution in [0.5, 0.6) is 0 Å². The van der Waals surface area contributed by atoms with Crippen LogP contribution in [0.2, 0.25) is 0 Å². The molecular formula is C56H99NO5. The summed E-state index contributed by atoms with van der Waals surface area (Å²) in [5.74, 6) is -0.527. The predicted molar refractivity (Wildman–Crippen MR) is 268 cm³/mol. The van der Waals surface area contributed by atoms with Crippen LogP contribution in [0, 0.1) is 0 Å². The molecule has 0 radical (unpaired) electrons. The number of hydrogen-bond acceptors (Lipinski definition) is 5. The number of rotatable bonds is 46. The number of ether oxygens (including phenoxy) is 1. The first kappa shape index (κ1) is 59.3. The van der Waals surface area contributed by atoms with Crippen molar-refractivity contribution in [1.29, 1.82) is 0 Å². The van der Waals surface area contributed by atoms with Crippen molar-refractivity contribution in [2.24, 2.45) is 0 Å². The number of carbonyl (C=O) groups excluding carboxylic acids is 2. The molecule has 0 bridgehead atoms. The van der Waals surface area contributed by atoms with E-state index < -0.39 is 18.2 Å². The molecule has 3 atom stereocenters. The number of aliphatic hydroxyl groups is 2. The molecule has 3 unspecified atom stereocenters. The van der Waals surface area contributed by atoms with Crippen LogP contribution in [-0.2, 0) is 14.3 Å². The van der Waals surface area contributed by atoms with Gasteiger partial charge in [-0.2, -0.15) is 0 Å². The molecule has 0 saturated carbocycles. The van der Waals surface area contributed by atoms with Gasteiger partial charge in [-0.05, 0) is 70.6 Å². The Bertz CT molecular complexity index is 1150. The summed E-state index contributed by atoms with van der Waals surface area (Å²) in [7, 11) is 0. The molecule has 0 aromatic carbocycles. The molecule has 0 saturated heterocycles. The highest BCUT2D eigenvalue weighted by Crippen LogP contribution is 2.17. The summed E-state index contributed by atoms with van der Waals surface area (Å²) < 4.78 is 5.91. The van der Waals surface area contributed by atoms with Gasteiger partial charge in [0, 0.05) is 6.42 Å². The number of hydrogen-bond donors (Lipinski definition) is 3. The van der Waals surface area contributed by atoms with Gasteiger partial charge in [0.1, 0.15) is 6.10 Å². The van der Waals surface area contributed by atoms with E-state index >= 15 is 0 Å². The molecule has 0 aliphatic carbocycles. The third kappa shape index (κ3) is 43.9. The van der Waals surface area contributed by atoms with E-state index in [0.29, 0.717) is 19.3 Å². The van der Waals surface area contributed by atoms with Gasteiger partial charge in [-0.15, -0.1) is 0 Å². The first-order valence-electron chi connectivity index (χ1n) is 26.2. The molecule has 6 nitrogen and oxygen atoms in total. The molecule has 0 rings (SSSR count). The Hall–Kier alpha value is -2.70. The van der Waals surface area contributed by atoms with E-state index in [4.69, 9.17) is 4.74 Å². The third-order valence-electron chi connectivity index (χ3n) is 11.6. The Morgan fingerprint density at radius 2 is 0.871 bits per heavy atom. The van der Waals surface area contributed by atoms with Crippen LogP contribution in [0.25, 0.3) is 0 Å². The van der Waals surface area contributed by atoms with Crippen molar-refractivity contribution in [3.63, 3.8) is 0 Å². The van der Waals surface area contributed by atoms with Crippen molar-refractivity contribution in [1.82, 2.24) is 5.32 Å². The minimum absolute atomic E-state index is 0.0443. The van der Waals surface area contributed by atoms with Gasteiger partial charge in [-0.1, -0.05) is 235 Å². The summed E-state index contributed by atoms with van der Waals surface area (Å²) in [6, 6.07) is -0.720. The first-order chi connectivity index (χ1) is 30.5. The van der Waals surface area contributed by atoms with Gasteiger partial charge in [0.15, 0.2) is 0 Å².